The van der Waals surface area contributed by atoms with E-state index in [-0.39, 0.29) is 18.5 Å². The fourth-order valence-corrected chi connectivity index (χ4v) is 3.70. The summed E-state index contributed by atoms with van der Waals surface area (Å²) in [6.45, 7) is 3.80. The Kier molecular flexibility index (Phi) is 5.88. The largest absolute Gasteiger partial charge is 0.481 e. The van der Waals surface area contributed by atoms with Crippen LogP contribution in [0.4, 0.5) is 4.79 Å². The van der Waals surface area contributed by atoms with Crippen LogP contribution >= 0.6 is 0 Å². The van der Waals surface area contributed by atoms with Gasteiger partial charge in [-0.25, -0.2) is 4.79 Å². The van der Waals surface area contributed by atoms with Gasteiger partial charge in [-0.3, -0.25) is 4.79 Å². The first-order chi connectivity index (χ1) is 10.1. The van der Waals surface area contributed by atoms with Gasteiger partial charge >= 0.3 is 12.0 Å². The molecule has 1 saturated heterocycles. The normalized spacial score (nSPS) is 29.4. The Morgan fingerprint density at radius 1 is 1.24 bits per heavy atom. The van der Waals surface area contributed by atoms with Crippen molar-refractivity contribution in [3.63, 3.8) is 0 Å². The van der Waals surface area contributed by atoms with Gasteiger partial charge in [0.15, 0.2) is 0 Å². The van der Waals surface area contributed by atoms with E-state index in [0.717, 1.165) is 38.3 Å². The van der Waals surface area contributed by atoms with Crippen LogP contribution in [0.2, 0.25) is 0 Å². The standard InChI is InChI=1S/C16H28N2O3/c1-12-5-6-13(10-12)11-17-16(21)18-9-3-2-4-14(18)7-8-15(19)20/h12-14H,2-11H2,1H3,(H,17,21)(H,19,20). The van der Waals surface area contributed by atoms with E-state index >= 15 is 0 Å². The van der Waals surface area contributed by atoms with Gasteiger partial charge in [-0.1, -0.05) is 13.3 Å². The zero-order valence-electron chi connectivity index (χ0n) is 13.0. The second kappa shape index (κ2) is 7.66. The molecular formula is C16H28N2O3. The minimum absolute atomic E-state index is 0.00430. The SMILES string of the molecule is CC1CCC(CNC(=O)N2CCCCC2CCC(=O)O)C1. The second-order valence-electron chi connectivity index (χ2n) is 6.75. The number of nitrogens with one attached hydrogen (secondary N) is 1. The Morgan fingerprint density at radius 3 is 2.71 bits per heavy atom. The van der Waals surface area contributed by atoms with Gasteiger partial charge in [-0.05, 0) is 50.4 Å². The van der Waals surface area contributed by atoms with Gasteiger partial charge in [0.2, 0.25) is 0 Å². The second-order valence-corrected chi connectivity index (χ2v) is 6.75. The number of likely N-dealkylation sites (tertiary alicyclic amines) is 1. The molecule has 2 rings (SSSR count). The number of piperidine rings is 1. The summed E-state index contributed by atoms with van der Waals surface area (Å²) in [6, 6.07) is 0.0991. The Balaban J connectivity index is 1.79. The minimum Gasteiger partial charge on any atom is -0.481 e. The highest BCUT2D eigenvalue weighted by Gasteiger charge is 2.28. The summed E-state index contributed by atoms with van der Waals surface area (Å²) in [7, 11) is 0. The van der Waals surface area contributed by atoms with Crippen molar-refractivity contribution >= 4 is 12.0 Å². The van der Waals surface area contributed by atoms with E-state index in [1.165, 1.54) is 19.3 Å². The van der Waals surface area contributed by atoms with Gasteiger partial charge in [0, 0.05) is 25.6 Å². The van der Waals surface area contributed by atoms with Crippen molar-refractivity contribution in [3.8, 4) is 0 Å². The first-order valence-electron chi connectivity index (χ1n) is 8.32. The summed E-state index contributed by atoms with van der Waals surface area (Å²) in [5.74, 6) is 0.622. The molecule has 2 fully saturated rings. The molecule has 0 aromatic carbocycles. The fraction of sp³-hybridized carbons (Fsp3) is 0.875. The third-order valence-electron chi connectivity index (χ3n) is 4.92. The van der Waals surface area contributed by atoms with E-state index in [9.17, 15) is 9.59 Å². The number of carbonyl (C=O) groups excluding carboxylic acids is 1. The maximum absolute atomic E-state index is 12.4. The van der Waals surface area contributed by atoms with Crippen LogP contribution in [0.3, 0.4) is 0 Å². The molecule has 5 nitrogen and oxygen atoms in total. The fourth-order valence-electron chi connectivity index (χ4n) is 3.70. The van der Waals surface area contributed by atoms with Crippen LogP contribution in [0.1, 0.15) is 58.3 Å². The number of amides is 2. The molecule has 1 heterocycles. The Labute approximate surface area is 127 Å². The Hall–Kier alpha value is -1.26. The van der Waals surface area contributed by atoms with Crippen LogP contribution in [0.25, 0.3) is 0 Å². The van der Waals surface area contributed by atoms with E-state index in [1.54, 1.807) is 0 Å². The summed E-state index contributed by atoms with van der Waals surface area (Å²) in [5, 5.41) is 11.9. The maximum atomic E-state index is 12.4. The van der Waals surface area contributed by atoms with Gasteiger partial charge < -0.3 is 15.3 Å². The highest BCUT2D eigenvalue weighted by Crippen LogP contribution is 2.29. The van der Waals surface area contributed by atoms with Crippen LogP contribution in [-0.4, -0.2) is 41.1 Å². The van der Waals surface area contributed by atoms with Crippen molar-refractivity contribution in [1.29, 1.82) is 0 Å². The number of urea groups is 1. The molecule has 2 amide bonds. The minimum atomic E-state index is -0.777. The van der Waals surface area contributed by atoms with E-state index in [4.69, 9.17) is 5.11 Å². The molecule has 21 heavy (non-hydrogen) atoms. The predicted octanol–water partition coefficient (Wildman–Crippen LogP) is 2.85. The van der Waals surface area contributed by atoms with Crippen molar-refractivity contribution in [3.05, 3.63) is 0 Å². The van der Waals surface area contributed by atoms with Gasteiger partial charge in [-0.15, -0.1) is 0 Å². The summed E-state index contributed by atoms with van der Waals surface area (Å²) >= 11 is 0. The third-order valence-corrected chi connectivity index (χ3v) is 4.92. The lowest BCUT2D eigenvalue weighted by Gasteiger charge is -2.35. The molecule has 0 spiro atoms. The molecule has 2 N–H and O–H groups in total. The van der Waals surface area contributed by atoms with Crippen LogP contribution in [0.15, 0.2) is 0 Å². The van der Waals surface area contributed by atoms with Crippen molar-refractivity contribution < 1.29 is 14.7 Å². The van der Waals surface area contributed by atoms with Gasteiger partial charge in [0.1, 0.15) is 0 Å². The first kappa shape index (κ1) is 16.1. The monoisotopic (exact) mass is 296 g/mol. The average molecular weight is 296 g/mol. The molecule has 0 radical (unpaired) electrons. The van der Waals surface area contributed by atoms with Crippen LogP contribution in [0.5, 0.6) is 0 Å². The Bertz CT molecular complexity index is 373. The summed E-state index contributed by atoms with van der Waals surface area (Å²) in [4.78, 5) is 25.0. The van der Waals surface area contributed by atoms with Crippen molar-refractivity contribution in [2.24, 2.45) is 11.8 Å². The average Bonchev–Trinajstić information content (AvgIpc) is 2.88. The number of carbonyl (C=O) groups is 2. The molecule has 1 saturated carbocycles. The molecule has 5 heteroatoms. The van der Waals surface area contributed by atoms with Gasteiger partial charge in [0.25, 0.3) is 0 Å². The summed E-state index contributed by atoms with van der Waals surface area (Å²) in [6.07, 6.45) is 7.46. The van der Waals surface area contributed by atoms with Gasteiger partial charge in [-0.2, -0.15) is 0 Å². The molecule has 1 aliphatic heterocycles. The number of rotatable bonds is 5. The van der Waals surface area contributed by atoms with Gasteiger partial charge in [0.05, 0.1) is 0 Å². The number of hydrogen-bond acceptors (Lipinski definition) is 2. The summed E-state index contributed by atoms with van der Waals surface area (Å²) < 4.78 is 0. The third kappa shape index (κ3) is 4.90. The summed E-state index contributed by atoms with van der Waals surface area (Å²) in [5.41, 5.74) is 0. The predicted molar refractivity (Wildman–Crippen MR) is 81.1 cm³/mol. The molecule has 3 unspecified atom stereocenters. The number of carboxylic acids is 1. The number of aliphatic carboxylic acids is 1. The smallest absolute Gasteiger partial charge is 0.317 e. The lowest BCUT2D eigenvalue weighted by atomic mass is 9.98. The number of carboxylic acid groups (broad SMARTS) is 1. The van der Waals surface area contributed by atoms with E-state index in [1.807, 2.05) is 4.90 Å². The molecular weight excluding hydrogens is 268 g/mol. The lowest BCUT2D eigenvalue weighted by molar-refractivity contribution is -0.137. The molecule has 120 valence electrons. The zero-order valence-corrected chi connectivity index (χ0v) is 13.0. The van der Waals surface area contributed by atoms with Crippen LogP contribution in [0, 0.1) is 11.8 Å². The molecule has 0 aromatic rings. The van der Waals surface area contributed by atoms with E-state index < -0.39 is 5.97 Å². The van der Waals surface area contributed by atoms with Crippen molar-refractivity contribution in [1.82, 2.24) is 10.2 Å². The van der Waals surface area contributed by atoms with Crippen molar-refractivity contribution in [2.75, 3.05) is 13.1 Å². The highest BCUT2D eigenvalue weighted by atomic mass is 16.4. The van der Waals surface area contributed by atoms with Crippen LogP contribution in [-0.2, 0) is 4.79 Å². The zero-order chi connectivity index (χ0) is 15.2. The lowest BCUT2D eigenvalue weighted by Crippen LogP contribution is -2.49. The topological polar surface area (TPSA) is 69.6 Å². The molecule has 2 aliphatic rings. The van der Waals surface area contributed by atoms with E-state index in [2.05, 4.69) is 12.2 Å². The number of nitrogens with zero attached hydrogens (tertiary/aromatic N) is 1. The molecule has 3 atom stereocenters. The van der Waals surface area contributed by atoms with Crippen LogP contribution < -0.4 is 5.32 Å². The van der Waals surface area contributed by atoms with Crippen molar-refractivity contribution in [2.45, 2.75) is 64.3 Å². The molecule has 1 aliphatic carbocycles. The Morgan fingerprint density at radius 2 is 2.05 bits per heavy atom. The first-order valence-corrected chi connectivity index (χ1v) is 8.32. The highest BCUT2D eigenvalue weighted by molar-refractivity contribution is 5.74. The molecule has 0 bridgehead atoms. The molecule has 0 aromatic heterocycles. The quantitative estimate of drug-likeness (QED) is 0.819. The van der Waals surface area contributed by atoms with E-state index in [0.29, 0.717) is 12.3 Å². The number of hydrogen-bond donors (Lipinski definition) is 2. The maximum Gasteiger partial charge on any atom is 0.317 e.